The summed E-state index contributed by atoms with van der Waals surface area (Å²) in [6, 6.07) is 3.88. The molecule has 6 heteroatoms. The maximum Gasteiger partial charge on any atom is 0.328 e. The summed E-state index contributed by atoms with van der Waals surface area (Å²) in [5.74, 6) is -2.23. The molecule has 0 atom stereocenters. The fraction of sp³-hybridized carbons (Fsp3) is 0.333. The molecule has 0 aliphatic heterocycles. The summed E-state index contributed by atoms with van der Waals surface area (Å²) in [5.41, 5.74) is 0.349. The molecule has 0 saturated carbocycles. The molecule has 0 aliphatic rings. The van der Waals surface area contributed by atoms with Crippen molar-refractivity contribution in [3.63, 3.8) is 0 Å². The number of benzene rings is 1. The van der Waals surface area contributed by atoms with Gasteiger partial charge < -0.3 is 14.7 Å². The highest BCUT2D eigenvalue weighted by atomic mass is 19.1. The van der Waals surface area contributed by atoms with E-state index >= 15 is 0 Å². The summed E-state index contributed by atoms with van der Waals surface area (Å²) in [5, 5.41) is 8.57. The highest BCUT2D eigenvalue weighted by molar-refractivity contribution is 5.95. The lowest BCUT2D eigenvalue weighted by Gasteiger charge is -2.17. The summed E-state index contributed by atoms with van der Waals surface area (Å²) >= 11 is 0. The Balaban J connectivity index is 2.87. The van der Waals surface area contributed by atoms with Gasteiger partial charge in [-0.25, -0.2) is 9.18 Å². The number of carboxylic acid groups (broad SMARTS) is 1. The fourth-order valence-electron chi connectivity index (χ4n) is 1.63. The molecule has 0 unspecified atom stereocenters. The lowest BCUT2D eigenvalue weighted by Crippen LogP contribution is -2.30. The van der Waals surface area contributed by atoms with Gasteiger partial charge in [0.2, 0.25) is 0 Å². The number of carbonyl (C=O) groups excluding carboxylic acids is 1. The van der Waals surface area contributed by atoms with E-state index in [2.05, 4.69) is 0 Å². The van der Waals surface area contributed by atoms with Crippen molar-refractivity contribution < 1.29 is 23.8 Å². The predicted molar refractivity (Wildman–Crippen MR) is 76.5 cm³/mol. The van der Waals surface area contributed by atoms with Gasteiger partial charge in [0.15, 0.2) is 0 Å². The lowest BCUT2D eigenvalue weighted by molar-refractivity contribution is -0.131. The minimum absolute atomic E-state index is 0.0958. The highest BCUT2D eigenvalue weighted by Crippen LogP contribution is 2.14. The number of rotatable bonds is 7. The Labute approximate surface area is 122 Å². The first-order valence-electron chi connectivity index (χ1n) is 6.49. The van der Waals surface area contributed by atoms with Crippen molar-refractivity contribution in [2.75, 3.05) is 26.8 Å². The second-order valence-corrected chi connectivity index (χ2v) is 4.33. The Morgan fingerprint density at radius 2 is 2.14 bits per heavy atom. The molecule has 5 nitrogen and oxygen atoms in total. The number of hydrogen-bond acceptors (Lipinski definition) is 3. The molecule has 1 aromatic rings. The van der Waals surface area contributed by atoms with Crippen molar-refractivity contribution in [3.05, 3.63) is 41.2 Å². The van der Waals surface area contributed by atoms with Crippen molar-refractivity contribution in [2.45, 2.75) is 6.92 Å². The molecule has 0 aliphatic carbocycles. The van der Waals surface area contributed by atoms with E-state index in [-0.39, 0.29) is 5.56 Å². The van der Waals surface area contributed by atoms with Crippen molar-refractivity contribution in [3.8, 4) is 0 Å². The van der Waals surface area contributed by atoms with Crippen molar-refractivity contribution >= 4 is 18.0 Å². The van der Waals surface area contributed by atoms with Gasteiger partial charge in [0.25, 0.3) is 5.91 Å². The molecule has 0 saturated heterocycles. The van der Waals surface area contributed by atoms with Crippen LogP contribution in [0.25, 0.3) is 6.08 Å². The molecular formula is C15H18FNO4. The Kier molecular flexibility index (Phi) is 6.55. The molecule has 0 aromatic heterocycles. The Bertz CT molecular complexity index is 542. The van der Waals surface area contributed by atoms with Gasteiger partial charge in [-0.2, -0.15) is 0 Å². The van der Waals surface area contributed by atoms with E-state index in [1.807, 2.05) is 6.92 Å². The second-order valence-electron chi connectivity index (χ2n) is 4.33. The number of nitrogens with zero attached hydrogens (tertiary/aromatic N) is 1. The molecule has 1 N–H and O–H groups in total. The van der Waals surface area contributed by atoms with E-state index in [0.717, 1.165) is 12.1 Å². The van der Waals surface area contributed by atoms with Crippen LogP contribution in [0.5, 0.6) is 0 Å². The maximum atomic E-state index is 13.7. The number of amides is 1. The number of aliphatic carboxylic acids is 1. The van der Waals surface area contributed by atoms with Crippen LogP contribution in [-0.2, 0) is 9.53 Å². The van der Waals surface area contributed by atoms with Gasteiger partial charge in [-0.05, 0) is 30.7 Å². The third-order valence-electron chi connectivity index (χ3n) is 2.76. The molecule has 0 fully saturated rings. The van der Waals surface area contributed by atoms with Crippen LogP contribution in [0.15, 0.2) is 24.3 Å². The van der Waals surface area contributed by atoms with E-state index in [9.17, 15) is 14.0 Å². The van der Waals surface area contributed by atoms with Crippen LogP contribution in [0.4, 0.5) is 4.39 Å². The normalized spacial score (nSPS) is 10.8. The first-order valence-corrected chi connectivity index (χ1v) is 6.49. The van der Waals surface area contributed by atoms with E-state index in [1.165, 1.54) is 23.1 Å². The minimum atomic E-state index is -1.11. The van der Waals surface area contributed by atoms with Gasteiger partial charge in [0.05, 0.1) is 12.2 Å². The van der Waals surface area contributed by atoms with Crippen LogP contribution in [-0.4, -0.2) is 48.7 Å². The second kappa shape index (κ2) is 8.16. The lowest BCUT2D eigenvalue weighted by atomic mass is 10.1. The van der Waals surface area contributed by atoms with Gasteiger partial charge >= 0.3 is 5.97 Å². The van der Waals surface area contributed by atoms with E-state index in [0.29, 0.717) is 25.3 Å². The number of carbonyl (C=O) groups is 2. The van der Waals surface area contributed by atoms with Crippen LogP contribution < -0.4 is 0 Å². The van der Waals surface area contributed by atoms with E-state index in [1.54, 1.807) is 7.05 Å². The van der Waals surface area contributed by atoms with E-state index in [4.69, 9.17) is 9.84 Å². The predicted octanol–water partition coefficient (Wildman–Crippen LogP) is 2.03. The van der Waals surface area contributed by atoms with Crippen LogP contribution >= 0.6 is 0 Å². The number of ether oxygens (including phenoxy) is 1. The molecule has 1 aromatic carbocycles. The standard InChI is InChI=1S/C15H18FNO4/c1-3-21-9-8-17(2)15(20)12-10-11(4-6-13(12)16)5-7-14(18)19/h4-7,10H,3,8-9H2,1-2H3,(H,18,19)/b7-5+. The Morgan fingerprint density at radius 3 is 2.76 bits per heavy atom. The number of carboxylic acids is 1. The van der Waals surface area contributed by atoms with Crippen LogP contribution in [0, 0.1) is 5.82 Å². The first-order chi connectivity index (χ1) is 9.95. The number of hydrogen-bond donors (Lipinski definition) is 1. The van der Waals surface area contributed by atoms with Gasteiger partial charge in [-0.15, -0.1) is 0 Å². The molecule has 0 heterocycles. The average Bonchev–Trinajstić information content (AvgIpc) is 2.45. The zero-order valence-electron chi connectivity index (χ0n) is 12.0. The summed E-state index contributed by atoms with van der Waals surface area (Å²) in [7, 11) is 1.56. The van der Waals surface area contributed by atoms with Crippen molar-refractivity contribution in [1.29, 1.82) is 0 Å². The number of halogens is 1. The third-order valence-corrected chi connectivity index (χ3v) is 2.76. The molecule has 0 bridgehead atoms. The van der Waals surface area contributed by atoms with Gasteiger partial charge in [0, 0.05) is 26.3 Å². The van der Waals surface area contributed by atoms with Crippen LogP contribution in [0.1, 0.15) is 22.8 Å². The SMILES string of the molecule is CCOCCN(C)C(=O)c1cc(/C=C/C(=O)O)ccc1F. The van der Waals surface area contributed by atoms with Gasteiger partial charge in [0.1, 0.15) is 5.82 Å². The topological polar surface area (TPSA) is 66.8 Å². The zero-order chi connectivity index (χ0) is 15.8. The fourth-order valence-corrected chi connectivity index (χ4v) is 1.63. The molecule has 0 radical (unpaired) electrons. The average molecular weight is 295 g/mol. The monoisotopic (exact) mass is 295 g/mol. The first kappa shape index (κ1) is 16.8. The molecule has 114 valence electrons. The third kappa shape index (κ3) is 5.35. The Hall–Kier alpha value is -2.21. The van der Waals surface area contributed by atoms with Crippen LogP contribution in [0.3, 0.4) is 0 Å². The Morgan fingerprint density at radius 1 is 1.43 bits per heavy atom. The van der Waals surface area contributed by atoms with Crippen LogP contribution in [0.2, 0.25) is 0 Å². The van der Waals surface area contributed by atoms with Crippen molar-refractivity contribution in [1.82, 2.24) is 4.90 Å². The van der Waals surface area contributed by atoms with E-state index < -0.39 is 17.7 Å². The summed E-state index contributed by atoms with van der Waals surface area (Å²) in [4.78, 5) is 24.0. The van der Waals surface area contributed by atoms with Gasteiger partial charge in [-0.3, -0.25) is 4.79 Å². The molecule has 0 spiro atoms. The smallest absolute Gasteiger partial charge is 0.328 e. The number of likely N-dealkylation sites (N-methyl/N-ethyl adjacent to an activating group) is 1. The minimum Gasteiger partial charge on any atom is -0.478 e. The molecule has 1 amide bonds. The quantitative estimate of drug-likeness (QED) is 0.617. The summed E-state index contributed by atoms with van der Waals surface area (Å²) in [6.45, 7) is 3.12. The molecular weight excluding hydrogens is 277 g/mol. The maximum absolute atomic E-state index is 13.7. The van der Waals surface area contributed by atoms with Crippen molar-refractivity contribution in [2.24, 2.45) is 0 Å². The summed E-state index contributed by atoms with van der Waals surface area (Å²) in [6.07, 6.45) is 2.24. The summed E-state index contributed by atoms with van der Waals surface area (Å²) < 4.78 is 18.9. The highest BCUT2D eigenvalue weighted by Gasteiger charge is 2.16. The zero-order valence-corrected chi connectivity index (χ0v) is 12.0. The molecule has 1 rings (SSSR count). The molecule has 21 heavy (non-hydrogen) atoms. The largest absolute Gasteiger partial charge is 0.478 e. The van der Waals surface area contributed by atoms with Gasteiger partial charge in [-0.1, -0.05) is 6.07 Å².